The maximum Gasteiger partial charge on any atom is 0.246 e. The van der Waals surface area contributed by atoms with Gasteiger partial charge in [0.1, 0.15) is 6.04 Å². The van der Waals surface area contributed by atoms with Crippen LogP contribution in [0, 0.1) is 0 Å². The van der Waals surface area contributed by atoms with Crippen molar-refractivity contribution in [2.45, 2.75) is 45.3 Å². The molecule has 0 unspecified atom stereocenters. The lowest BCUT2D eigenvalue weighted by Gasteiger charge is -2.42. The van der Waals surface area contributed by atoms with Gasteiger partial charge in [-0.15, -0.1) is 0 Å². The van der Waals surface area contributed by atoms with Crippen LogP contribution in [0.25, 0.3) is 0 Å². The van der Waals surface area contributed by atoms with Crippen LogP contribution in [0.3, 0.4) is 0 Å². The van der Waals surface area contributed by atoms with Crippen LogP contribution < -0.4 is 10.6 Å². The van der Waals surface area contributed by atoms with Gasteiger partial charge in [-0.1, -0.05) is 13.3 Å². The lowest BCUT2D eigenvalue weighted by atomic mass is 9.97. The number of aromatic nitrogens is 2. The molecule has 16 heavy (non-hydrogen) atoms. The SMILES string of the molecule is CCCCn1cc(N2C(=O)[C@H](N)[C@@H]2C)cn1. The van der Waals surface area contributed by atoms with Gasteiger partial charge in [-0.3, -0.25) is 9.48 Å². The average molecular weight is 222 g/mol. The van der Waals surface area contributed by atoms with E-state index in [1.54, 1.807) is 11.1 Å². The van der Waals surface area contributed by atoms with Crippen molar-refractivity contribution < 1.29 is 4.79 Å². The Morgan fingerprint density at radius 3 is 2.94 bits per heavy atom. The summed E-state index contributed by atoms with van der Waals surface area (Å²) in [5, 5.41) is 4.23. The van der Waals surface area contributed by atoms with E-state index >= 15 is 0 Å². The minimum Gasteiger partial charge on any atom is -0.318 e. The molecule has 1 amide bonds. The Hall–Kier alpha value is -1.36. The number of nitrogens with zero attached hydrogens (tertiary/aromatic N) is 3. The fourth-order valence-electron chi connectivity index (χ4n) is 1.93. The molecule has 1 aromatic heterocycles. The van der Waals surface area contributed by atoms with Crippen LogP contribution in [0.1, 0.15) is 26.7 Å². The molecule has 2 rings (SSSR count). The van der Waals surface area contributed by atoms with Crippen molar-refractivity contribution in [1.29, 1.82) is 0 Å². The van der Waals surface area contributed by atoms with Crippen LogP contribution in [-0.2, 0) is 11.3 Å². The van der Waals surface area contributed by atoms with Crippen LogP contribution in [-0.4, -0.2) is 27.8 Å². The number of amides is 1. The summed E-state index contributed by atoms with van der Waals surface area (Å²) in [6.07, 6.45) is 5.88. The van der Waals surface area contributed by atoms with Gasteiger partial charge in [-0.2, -0.15) is 5.10 Å². The van der Waals surface area contributed by atoms with Crippen LogP contribution in [0.4, 0.5) is 5.69 Å². The molecule has 0 radical (unpaired) electrons. The summed E-state index contributed by atoms with van der Waals surface area (Å²) in [6, 6.07) is -0.268. The predicted octanol–water partition coefficient (Wildman–Crippen LogP) is 0.746. The highest BCUT2D eigenvalue weighted by atomic mass is 16.2. The molecule has 1 aliphatic heterocycles. The first-order valence-electron chi connectivity index (χ1n) is 5.76. The molecule has 1 fully saturated rings. The maximum absolute atomic E-state index is 11.6. The highest BCUT2D eigenvalue weighted by Gasteiger charge is 2.43. The molecule has 1 aromatic rings. The van der Waals surface area contributed by atoms with Crippen molar-refractivity contribution in [2.75, 3.05) is 4.90 Å². The standard InChI is InChI=1S/C11H18N4O/c1-3-4-5-14-7-9(6-13-14)15-8(2)10(12)11(15)16/h6-8,10H,3-5,12H2,1-2H3/t8-,10+/m0/s1. The zero-order chi connectivity index (χ0) is 11.7. The van der Waals surface area contributed by atoms with Crippen LogP contribution >= 0.6 is 0 Å². The molecular weight excluding hydrogens is 204 g/mol. The van der Waals surface area contributed by atoms with Crippen LogP contribution in [0.5, 0.6) is 0 Å². The van der Waals surface area contributed by atoms with Crippen molar-refractivity contribution >= 4 is 11.6 Å². The number of nitrogens with two attached hydrogens (primary N) is 1. The van der Waals surface area contributed by atoms with E-state index in [9.17, 15) is 4.79 Å². The summed E-state index contributed by atoms with van der Waals surface area (Å²) in [7, 11) is 0. The molecule has 0 saturated carbocycles. The normalized spacial score (nSPS) is 24.7. The molecule has 1 saturated heterocycles. The van der Waals surface area contributed by atoms with Crippen molar-refractivity contribution in [2.24, 2.45) is 5.73 Å². The van der Waals surface area contributed by atoms with Gasteiger partial charge >= 0.3 is 0 Å². The first-order chi connectivity index (χ1) is 7.65. The van der Waals surface area contributed by atoms with E-state index in [0.717, 1.165) is 25.1 Å². The van der Waals surface area contributed by atoms with Crippen molar-refractivity contribution in [1.82, 2.24) is 9.78 Å². The quantitative estimate of drug-likeness (QED) is 0.764. The van der Waals surface area contributed by atoms with E-state index in [-0.39, 0.29) is 18.0 Å². The largest absolute Gasteiger partial charge is 0.318 e. The second-order valence-electron chi connectivity index (χ2n) is 4.29. The van der Waals surface area contributed by atoms with E-state index in [2.05, 4.69) is 12.0 Å². The fraction of sp³-hybridized carbons (Fsp3) is 0.636. The number of aryl methyl sites for hydroxylation is 1. The predicted molar refractivity (Wildman–Crippen MR) is 62.1 cm³/mol. The van der Waals surface area contributed by atoms with Gasteiger partial charge in [-0.25, -0.2) is 0 Å². The van der Waals surface area contributed by atoms with Crippen LogP contribution in [0.15, 0.2) is 12.4 Å². The van der Waals surface area contributed by atoms with E-state index in [1.807, 2.05) is 17.8 Å². The number of hydrogen-bond donors (Lipinski definition) is 1. The Balaban J connectivity index is 2.05. The number of hydrogen-bond acceptors (Lipinski definition) is 3. The summed E-state index contributed by atoms with van der Waals surface area (Å²) in [6.45, 7) is 5.00. The monoisotopic (exact) mass is 222 g/mol. The van der Waals surface area contributed by atoms with Gasteiger partial charge in [0.05, 0.1) is 17.9 Å². The molecule has 2 N–H and O–H groups in total. The van der Waals surface area contributed by atoms with Crippen molar-refractivity contribution in [3.8, 4) is 0 Å². The van der Waals surface area contributed by atoms with E-state index in [1.165, 1.54) is 0 Å². The van der Waals surface area contributed by atoms with Gasteiger partial charge in [0, 0.05) is 12.7 Å². The lowest BCUT2D eigenvalue weighted by Crippen LogP contribution is -2.67. The van der Waals surface area contributed by atoms with E-state index in [4.69, 9.17) is 5.73 Å². The summed E-state index contributed by atoms with van der Waals surface area (Å²) in [4.78, 5) is 13.3. The molecule has 2 heterocycles. The van der Waals surface area contributed by atoms with E-state index < -0.39 is 0 Å². The van der Waals surface area contributed by atoms with Gasteiger partial charge in [0.2, 0.25) is 5.91 Å². The zero-order valence-electron chi connectivity index (χ0n) is 9.76. The van der Waals surface area contributed by atoms with Crippen molar-refractivity contribution in [3.05, 3.63) is 12.4 Å². The first-order valence-corrected chi connectivity index (χ1v) is 5.76. The topological polar surface area (TPSA) is 64.2 Å². The fourth-order valence-corrected chi connectivity index (χ4v) is 1.93. The highest BCUT2D eigenvalue weighted by Crippen LogP contribution is 2.26. The Morgan fingerprint density at radius 1 is 1.56 bits per heavy atom. The smallest absolute Gasteiger partial charge is 0.246 e. The third-order valence-corrected chi connectivity index (χ3v) is 3.09. The molecular formula is C11H18N4O. The molecule has 0 bridgehead atoms. The number of carbonyl (C=O) groups is 1. The Bertz CT molecular complexity index is 387. The zero-order valence-corrected chi connectivity index (χ0v) is 9.76. The third kappa shape index (κ3) is 1.71. The average Bonchev–Trinajstić information content (AvgIpc) is 2.74. The summed E-state index contributed by atoms with van der Waals surface area (Å²) < 4.78 is 1.88. The lowest BCUT2D eigenvalue weighted by molar-refractivity contribution is -0.125. The molecule has 2 atom stereocenters. The Labute approximate surface area is 95.2 Å². The minimum atomic E-state index is -0.348. The number of rotatable bonds is 4. The number of anilines is 1. The number of β-lactam (4-membered cyclic amide) rings is 1. The number of carbonyl (C=O) groups excluding carboxylic acids is 1. The minimum absolute atomic E-state index is 0.0115. The van der Waals surface area contributed by atoms with E-state index in [0.29, 0.717) is 0 Å². The van der Waals surface area contributed by atoms with Gasteiger partial charge in [0.15, 0.2) is 0 Å². The van der Waals surface area contributed by atoms with Crippen molar-refractivity contribution in [3.63, 3.8) is 0 Å². The van der Waals surface area contributed by atoms with Gasteiger partial charge < -0.3 is 10.6 Å². The maximum atomic E-state index is 11.6. The summed E-state index contributed by atoms with van der Waals surface area (Å²) >= 11 is 0. The Morgan fingerprint density at radius 2 is 2.31 bits per heavy atom. The molecule has 1 aliphatic rings. The first kappa shape index (κ1) is 11.1. The molecule has 5 heteroatoms. The molecule has 5 nitrogen and oxygen atoms in total. The summed E-state index contributed by atoms with van der Waals surface area (Å²) in [5.41, 5.74) is 6.52. The molecule has 0 spiro atoms. The molecule has 0 aromatic carbocycles. The summed E-state index contributed by atoms with van der Waals surface area (Å²) in [5.74, 6) is -0.0115. The Kier molecular flexibility index (Phi) is 2.96. The second kappa shape index (κ2) is 4.25. The van der Waals surface area contributed by atoms with Gasteiger partial charge in [-0.05, 0) is 13.3 Å². The molecule has 0 aliphatic carbocycles. The number of unbranched alkanes of at least 4 members (excludes halogenated alkanes) is 1. The highest BCUT2D eigenvalue weighted by molar-refractivity contribution is 6.05. The van der Waals surface area contributed by atoms with Crippen LogP contribution in [0.2, 0.25) is 0 Å². The second-order valence-corrected chi connectivity index (χ2v) is 4.29. The molecule has 88 valence electrons. The van der Waals surface area contributed by atoms with Gasteiger partial charge in [0.25, 0.3) is 0 Å². The third-order valence-electron chi connectivity index (χ3n) is 3.09.